The fourth-order valence-electron chi connectivity index (χ4n) is 3.79. The molecule has 2 heterocycles. The summed E-state index contributed by atoms with van der Waals surface area (Å²) in [6, 6.07) is 14.5. The fraction of sp³-hybridized carbons (Fsp3) is 0.391. The summed E-state index contributed by atoms with van der Waals surface area (Å²) >= 11 is 1.58. The average molecular weight is 422 g/mol. The van der Waals surface area contributed by atoms with Crippen molar-refractivity contribution < 1.29 is 4.79 Å². The van der Waals surface area contributed by atoms with Crippen LogP contribution in [0.1, 0.15) is 44.1 Å². The Morgan fingerprint density at radius 2 is 1.90 bits per heavy atom. The van der Waals surface area contributed by atoms with E-state index in [2.05, 4.69) is 37.2 Å². The highest BCUT2D eigenvalue weighted by Crippen LogP contribution is 2.25. The summed E-state index contributed by atoms with van der Waals surface area (Å²) < 4.78 is 2.11. The summed E-state index contributed by atoms with van der Waals surface area (Å²) in [5.41, 5.74) is 2.11. The Hall–Kier alpha value is -2.67. The van der Waals surface area contributed by atoms with Crippen LogP contribution in [0.3, 0.4) is 0 Å². The van der Waals surface area contributed by atoms with Gasteiger partial charge < -0.3 is 5.32 Å². The van der Waals surface area contributed by atoms with Crippen molar-refractivity contribution >= 4 is 17.7 Å². The predicted molar refractivity (Wildman–Crippen MR) is 119 cm³/mol. The van der Waals surface area contributed by atoms with E-state index in [1.807, 2.05) is 30.3 Å². The molecule has 4 rings (SSSR count). The van der Waals surface area contributed by atoms with Crippen molar-refractivity contribution in [2.75, 3.05) is 5.75 Å². The number of nitrogens with one attached hydrogen (secondary N) is 1. The lowest BCUT2D eigenvalue weighted by Crippen LogP contribution is -2.36. The van der Waals surface area contributed by atoms with Crippen LogP contribution in [-0.2, 0) is 11.3 Å². The summed E-state index contributed by atoms with van der Waals surface area (Å²) in [7, 11) is 0. The van der Waals surface area contributed by atoms with Gasteiger partial charge in [-0.1, -0.05) is 61.4 Å². The van der Waals surface area contributed by atoms with Gasteiger partial charge in [0, 0.05) is 36.2 Å². The van der Waals surface area contributed by atoms with Gasteiger partial charge in [0.25, 0.3) is 0 Å². The molecule has 0 radical (unpaired) electrons. The van der Waals surface area contributed by atoms with Gasteiger partial charge in [0.15, 0.2) is 11.0 Å². The number of benzene rings is 1. The van der Waals surface area contributed by atoms with E-state index in [1.54, 1.807) is 24.2 Å². The van der Waals surface area contributed by atoms with E-state index in [9.17, 15) is 4.79 Å². The topological polar surface area (TPSA) is 72.7 Å². The van der Waals surface area contributed by atoms with Crippen molar-refractivity contribution in [2.45, 2.75) is 56.3 Å². The molecule has 156 valence electrons. The van der Waals surface area contributed by atoms with Crippen LogP contribution in [0, 0.1) is 0 Å². The van der Waals surface area contributed by atoms with Crippen molar-refractivity contribution in [1.29, 1.82) is 0 Å². The van der Waals surface area contributed by atoms with Crippen molar-refractivity contribution in [2.24, 2.45) is 0 Å². The Kier molecular flexibility index (Phi) is 7.13. The van der Waals surface area contributed by atoms with Gasteiger partial charge in [-0.3, -0.25) is 14.3 Å². The van der Waals surface area contributed by atoms with Crippen molar-refractivity contribution in [3.8, 4) is 11.4 Å². The van der Waals surface area contributed by atoms with Gasteiger partial charge in [-0.05, 0) is 30.5 Å². The van der Waals surface area contributed by atoms with E-state index in [1.165, 1.54) is 24.8 Å². The minimum atomic E-state index is 0.135. The summed E-state index contributed by atoms with van der Waals surface area (Å²) in [5.74, 6) is 1.61. The van der Waals surface area contributed by atoms with Gasteiger partial charge >= 0.3 is 0 Å². The summed E-state index contributed by atoms with van der Waals surface area (Å²) in [6.07, 6.45) is 10.00. The SMILES string of the molecule is O=C(CCSc1nnc(-c2cccnc2)n1Cc1ccccc1)NC1CCCCC1. The third kappa shape index (κ3) is 5.48. The zero-order valence-corrected chi connectivity index (χ0v) is 17.9. The first-order chi connectivity index (χ1) is 14.8. The molecular formula is C23H27N5OS. The van der Waals surface area contributed by atoms with Crippen LogP contribution in [0.5, 0.6) is 0 Å². The Morgan fingerprint density at radius 3 is 2.67 bits per heavy atom. The van der Waals surface area contributed by atoms with E-state index in [0.717, 1.165) is 29.4 Å². The highest BCUT2D eigenvalue weighted by Gasteiger charge is 2.17. The van der Waals surface area contributed by atoms with Crippen LogP contribution in [0.25, 0.3) is 11.4 Å². The second kappa shape index (κ2) is 10.4. The molecule has 2 aromatic heterocycles. The van der Waals surface area contributed by atoms with Gasteiger partial charge in [-0.2, -0.15) is 0 Å². The first-order valence-electron chi connectivity index (χ1n) is 10.6. The summed E-state index contributed by atoms with van der Waals surface area (Å²) in [5, 5.41) is 12.9. The van der Waals surface area contributed by atoms with Crippen molar-refractivity contribution in [3.05, 3.63) is 60.4 Å². The lowest BCUT2D eigenvalue weighted by atomic mass is 9.95. The average Bonchev–Trinajstić information content (AvgIpc) is 3.18. The number of amides is 1. The molecule has 0 aliphatic heterocycles. The molecule has 0 spiro atoms. The minimum absolute atomic E-state index is 0.135. The fourth-order valence-corrected chi connectivity index (χ4v) is 4.67. The second-order valence-electron chi connectivity index (χ2n) is 7.62. The molecule has 30 heavy (non-hydrogen) atoms. The Morgan fingerprint density at radius 1 is 1.07 bits per heavy atom. The lowest BCUT2D eigenvalue weighted by molar-refractivity contribution is -0.121. The number of hydrogen-bond donors (Lipinski definition) is 1. The molecular weight excluding hydrogens is 394 g/mol. The van der Waals surface area contributed by atoms with Gasteiger partial charge in [0.1, 0.15) is 0 Å². The normalized spacial score (nSPS) is 14.5. The van der Waals surface area contributed by atoms with Crippen LogP contribution >= 0.6 is 11.8 Å². The number of pyridine rings is 1. The number of rotatable bonds is 8. The van der Waals surface area contributed by atoms with E-state index >= 15 is 0 Å². The Bertz CT molecular complexity index is 939. The number of nitrogens with zero attached hydrogens (tertiary/aromatic N) is 4. The molecule has 7 heteroatoms. The molecule has 1 amide bonds. The molecule has 1 aromatic carbocycles. The third-order valence-corrected chi connectivity index (χ3v) is 6.32. The van der Waals surface area contributed by atoms with Crippen LogP contribution in [0.4, 0.5) is 0 Å². The molecule has 0 atom stereocenters. The Labute approximate surface area is 181 Å². The number of aromatic nitrogens is 4. The molecule has 1 saturated carbocycles. The predicted octanol–water partition coefficient (Wildman–Crippen LogP) is 4.32. The zero-order chi connectivity index (χ0) is 20.6. The molecule has 0 bridgehead atoms. The van der Waals surface area contributed by atoms with Gasteiger partial charge in [0.05, 0.1) is 6.54 Å². The van der Waals surface area contributed by atoms with Crippen molar-refractivity contribution in [1.82, 2.24) is 25.1 Å². The largest absolute Gasteiger partial charge is 0.353 e. The maximum absolute atomic E-state index is 12.3. The molecule has 1 N–H and O–H groups in total. The quantitative estimate of drug-likeness (QED) is 0.549. The standard InChI is InChI=1S/C23H27N5OS/c29-21(25-20-11-5-2-6-12-20)13-15-30-23-27-26-22(19-10-7-14-24-16-19)28(23)17-18-8-3-1-4-9-18/h1,3-4,7-10,14,16,20H,2,5-6,11-13,15,17H2,(H,25,29). The van der Waals surface area contributed by atoms with E-state index in [4.69, 9.17) is 0 Å². The summed E-state index contributed by atoms with van der Waals surface area (Å²) in [6.45, 7) is 0.675. The first kappa shape index (κ1) is 20.6. The lowest BCUT2D eigenvalue weighted by Gasteiger charge is -2.22. The minimum Gasteiger partial charge on any atom is -0.353 e. The van der Waals surface area contributed by atoms with Gasteiger partial charge in [0.2, 0.25) is 5.91 Å². The maximum atomic E-state index is 12.3. The maximum Gasteiger partial charge on any atom is 0.221 e. The van der Waals surface area contributed by atoms with E-state index < -0.39 is 0 Å². The van der Waals surface area contributed by atoms with Crippen LogP contribution in [0.15, 0.2) is 60.0 Å². The molecule has 1 aliphatic rings. The van der Waals surface area contributed by atoms with Crippen LogP contribution in [-0.4, -0.2) is 37.5 Å². The highest BCUT2D eigenvalue weighted by atomic mass is 32.2. The molecule has 0 saturated heterocycles. The first-order valence-corrected chi connectivity index (χ1v) is 11.6. The highest BCUT2D eigenvalue weighted by molar-refractivity contribution is 7.99. The number of hydrogen-bond acceptors (Lipinski definition) is 5. The Balaban J connectivity index is 1.43. The van der Waals surface area contributed by atoms with E-state index in [0.29, 0.717) is 24.8 Å². The van der Waals surface area contributed by atoms with Crippen LogP contribution in [0.2, 0.25) is 0 Å². The van der Waals surface area contributed by atoms with Gasteiger partial charge in [-0.15, -0.1) is 10.2 Å². The third-order valence-electron chi connectivity index (χ3n) is 5.35. The smallest absolute Gasteiger partial charge is 0.221 e. The monoisotopic (exact) mass is 421 g/mol. The number of thioether (sulfide) groups is 1. The van der Waals surface area contributed by atoms with E-state index in [-0.39, 0.29) is 5.91 Å². The molecule has 0 unspecified atom stereocenters. The number of carbonyl (C=O) groups is 1. The molecule has 3 aromatic rings. The second-order valence-corrected chi connectivity index (χ2v) is 8.68. The van der Waals surface area contributed by atoms with Gasteiger partial charge in [-0.25, -0.2) is 0 Å². The molecule has 6 nitrogen and oxygen atoms in total. The molecule has 1 fully saturated rings. The number of carbonyl (C=O) groups excluding carboxylic acids is 1. The van der Waals surface area contributed by atoms with Crippen LogP contribution < -0.4 is 5.32 Å². The summed E-state index contributed by atoms with van der Waals surface area (Å²) in [4.78, 5) is 16.5. The van der Waals surface area contributed by atoms with Crippen molar-refractivity contribution in [3.63, 3.8) is 0 Å². The molecule has 1 aliphatic carbocycles. The zero-order valence-electron chi connectivity index (χ0n) is 17.0.